The molecule has 1 saturated heterocycles. The highest BCUT2D eigenvalue weighted by molar-refractivity contribution is 7.89. The zero-order chi connectivity index (χ0) is 20.1. The zero-order valence-corrected chi connectivity index (χ0v) is 17.3. The van der Waals surface area contributed by atoms with Crippen LogP contribution >= 0.6 is 0 Å². The van der Waals surface area contributed by atoms with Gasteiger partial charge in [-0.1, -0.05) is 31.4 Å². The van der Waals surface area contributed by atoms with E-state index in [0.29, 0.717) is 24.2 Å². The van der Waals surface area contributed by atoms with Crippen LogP contribution in [0.3, 0.4) is 0 Å². The van der Waals surface area contributed by atoms with Crippen LogP contribution < -0.4 is 5.32 Å². The van der Waals surface area contributed by atoms with Crippen molar-refractivity contribution >= 4 is 21.7 Å². The first-order valence-corrected chi connectivity index (χ1v) is 12.2. The first-order chi connectivity index (χ1) is 13.3. The van der Waals surface area contributed by atoms with Crippen LogP contribution in [0.1, 0.15) is 60.9 Å². The topological polar surface area (TPSA) is 83.6 Å². The summed E-state index contributed by atoms with van der Waals surface area (Å²) in [7, 11) is -3.09. The lowest BCUT2D eigenvalue weighted by atomic mass is 9.88. The predicted molar refractivity (Wildman–Crippen MR) is 109 cm³/mol. The Balaban J connectivity index is 1.48. The summed E-state index contributed by atoms with van der Waals surface area (Å²) in [5, 5.41) is 3.18. The Hall–Kier alpha value is -1.89. The fourth-order valence-electron chi connectivity index (χ4n) is 4.14. The van der Waals surface area contributed by atoms with Gasteiger partial charge in [-0.05, 0) is 43.4 Å². The van der Waals surface area contributed by atoms with Crippen LogP contribution in [0, 0.1) is 5.92 Å². The Labute approximate surface area is 167 Å². The van der Waals surface area contributed by atoms with Gasteiger partial charge in [-0.3, -0.25) is 9.59 Å². The van der Waals surface area contributed by atoms with E-state index in [1.165, 1.54) is 12.7 Å². The molecule has 7 heteroatoms. The van der Waals surface area contributed by atoms with Crippen molar-refractivity contribution in [3.63, 3.8) is 0 Å². The molecule has 0 atom stereocenters. The molecular formula is C21H30N2O4S. The standard InChI is InChI=1S/C21H30N2O4S/c1-28(26,27)15-16-7-9-18(10-8-16)21(25)23-13-11-19(12-14-23)22-20(24)17-5-3-2-4-6-17/h7-10,17,19H,2-6,11-15H2,1H3,(H,22,24). The quantitative estimate of drug-likeness (QED) is 0.814. The molecule has 0 radical (unpaired) electrons. The molecule has 0 bridgehead atoms. The molecule has 154 valence electrons. The molecule has 2 aliphatic rings. The van der Waals surface area contributed by atoms with Crippen LogP contribution in [0.5, 0.6) is 0 Å². The third-order valence-corrected chi connectivity index (χ3v) is 6.59. The molecular weight excluding hydrogens is 376 g/mol. The maximum atomic E-state index is 12.7. The maximum Gasteiger partial charge on any atom is 0.253 e. The fraction of sp³-hybridized carbons (Fsp3) is 0.619. The molecule has 0 aromatic heterocycles. The molecule has 1 aromatic rings. The average Bonchev–Trinajstić information content (AvgIpc) is 2.68. The van der Waals surface area contributed by atoms with E-state index in [1.807, 2.05) is 4.90 Å². The van der Waals surface area contributed by atoms with E-state index in [4.69, 9.17) is 0 Å². The van der Waals surface area contributed by atoms with Gasteiger partial charge in [-0.2, -0.15) is 0 Å². The highest BCUT2D eigenvalue weighted by Gasteiger charge is 2.27. The molecule has 28 heavy (non-hydrogen) atoms. The van der Waals surface area contributed by atoms with Crippen LogP contribution in [0.15, 0.2) is 24.3 Å². The summed E-state index contributed by atoms with van der Waals surface area (Å²) in [6, 6.07) is 6.94. The van der Waals surface area contributed by atoms with E-state index in [2.05, 4.69) is 5.32 Å². The first-order valence-electron chi connectivity index (χ1n) is 10.2. The van der Waals surface area contributed by atoms with Crippen LogP contribution in [-0.2, 0) is 20.4 Å². The number of nitrogens with one attached hydrogen (secondary N) is 1. The van der Waals surface area contributed by atoms with Crippen molar-refractivity contribution in [2.24, 2.45) is 5.92 Å². The lowest BCUT2D eigenvalue weighted by molar-refractivity contribution is -0.126. The largest absolute Gasteiger partial charge is 0.353 e. The van der Waals surface area contributed by atoms with E-state index in [1.54, 1.807) is 24.3 Å². The molecule has 1 aliphatic heterocycles. The molecule has 1 aromatic carbocycles. The van der Waals surface area contributed by atoms with Gasteiger partial charge in [-0.25, -0.2) is 8.42 Å². The minimum absolute atomic E-state index is 0.0203. The summed E-state index contributed by atoms with van der Waals surface area (Å²) in [6.45, 7) is 1.25. The van der Waals surface area contributed by atoms with Gasteiger partial charge in [0.05, 0.1) is 5.75 Å². The molecule has 2 fully saturated rings. The van der Waals surface area contributed by atoms with Crippen LogP contribution in [0.4, 0.5) is 0 Å². The number of hydrogen-bond acceptors (Lipinski definition) is 4. The number of rotatable bonds is 5. The monoisotopic (exact) mass is 406 g/mol. The third kappa shape index (κ3) is 5.80. The van der Waals surface area contributed by atoms with Gasteiger partial charge >= 0.3 is 0 Å². The van der Waals surface area contributed by atoms with Gasteiger partial charge in [0.1, 0.15) is 0 Å². The molecule has 1 aliphatic carbocycles. The molecule has 1 saturated carbocycles. The lowest BCUT2D eigenvalue weighted by Crippen LogP contribution is -2.48. The Morgan fingerprint density at radius 1 is 1.00 bits per heavy atom. The number of amides is 2. The van der Waals surface area contributed by atoms with E-state index in [9.17, 15) is 18.0 Å². The van der Waals surface area contributed by atoms with Crippen LogP contribution in [0.2, 0.25) is 0 Å². The number of piperidine rings is 1. The summed E-state index contributed by atoms with van der Waals surface area (Å²) in [6.07, 6.45) is 8.27. The molecule has 2 amide bonds. The normalized spacial score (nSPS) is 19.4. The minimum atomic E-state index is -3.09. The molecule has 6 nitrogen and oxygen atoms in total. The number of benzene rings is 1. The molecule has 0 unspecified atom stereocenters. The number of likely N-dealkylation sites (tertiary alicyclic amines) is 1. The summed E-state index contributed by atoms with van der Waals surface area (Å²) in [5.41, 5.74) is 1.25. The second-order valence-corrected chi connectivity index (χ2v) is 10.3. The zero-order valence-electron chi connectivity index (χ0n) is 16.5. The summed E-state index contributed by atoms with van der Waals surface area (Å²) >= 11 is 0. The van der Waals surface area contributed by atoms with Gasteiger partial charge in [-0.15, -0.1) is 0 Å². The second-order valence-electron chi connectivity index (χ2n) is 8.18. The minimum Gasteiger partial charge on any atom is -0.353 e. The number of sulfone groups is 1. The maximum absolute atomic E-state index is 12.7. The summed E-state index contributed by atoms with van der Waals surface area (Å²) in [4.78, 5) is 26.9. The van der Waals surface area contributed by atoms with Gasteiger partial charge in [0.25, 0.3) is 5.91 Å². The Morgan fingerprint density at radius 3 is 2.18 bits per heavy atom. The Morgan fingerprint density at radius 2 is 1.61 bits per heavy atom. The number of nitrogens with zero attached hydrogens (tertiary/aromatic N) is 1. The number of hydrogen-bond donors (Lipinski definition) is 1. The Kier molecular flexibility index (Phi) is 6.75. The first kappa shape index (κ1) is 20.8. The van der Waals surface area contributed by atoms with Crippen molar-refractivity contribution in [2.45, 2.75) is 56.7 Å². The molecule has 0 spiro atoms. The highest BCUT2D eigenvalue weighted by atomic mass is 32.2. The van der Waals surface area contributed by atoms with Crippen LogP contribution in [-0.4, -0.2) is 50.5 Å². The molecule has 3 rings (SSSR count). The van der Waals surface area contributed by atoms with E-state index in [-0.39, 0.29) is 29.5 Å². The summed E-state index contributed by atoms with van der Waals surface area (Å²) in [5.74, 6) is 0.292. The van der Waals surface area contributed by atoms with Crippen molar-refractivity contribution < 1.29 is 18.0 Å². The van der Waals surface area contributed by atoms with Gasteiger partial charge in [0.15, 0.2) is 9.84 Å². The van der Waals surface area contributed by atoms with Crippen molar-refractivity contribution in [3.8, 4) is 0 Å². The van der Waals surface area contributed by atoms with Crippen molar-refractivity contribution in [1.82, 2.24) is 10.2 Å². The summed E-state index contributed by atoms with van der Waals surface area (Å²) < 4.78 is 22.7. The lowest BCUT2D eigenvalue weighted by Gasteiger charge is -2.33. The van der Waals surface area contributed by atoms with E-state index in [0.717, 1.165) is 38.5 Å². The van der Waals surface area contributed by atoms with Crippen molar-refractivity contribution in [3.05, 3.63) is 35.4 Å². The van der Waals surface area contributed by atoms with Crippen LogP contribution in [0.25, 0.3) is 0 Å². The van der Waals surface area contributed by atoms with Crippen molar-refractivity contribution in [1.29, 1.82) is 0 Å². The number of carbonyl (C=O) groups is 2. The second kappa shape index (κ2) is 9.07. The molecule has 1 N–H and O–H groups in total. The smallest absolute Gasteiger partial charge is 0.253 e. The highest BCUT2D eigenvalue weighted by Crippen LogP contribution is 2.24. The van der Waals surface area contributed by atoms with Gasteiger partial charge < -0.3 is 10.2 Å². The average molecular weight is 407 g/mol. The van der Waals surface area contributed by atoms with Crippen molar-refractivity contribution in [2.75, 3.05) is 19.3 Å². The fourth-order valence-corrected chi connectivity index (χ4v) is 4.94. The number of carbonyl (C=O) groups excluding carboxylic acids is 2. The predicted octanol–water partition coefficient (Wildman–Crippen LogP) is 2.53. The van der Waals surface area contributed by atoms with Gasteiger partial charge in [0.2, 0.25) is 5.91 Å². The Bertz CT molecular complexity index is 790. The third-order valence-electron chi connectivity index (χ3n) is 5.73. The molecule has 1 heterocycles. The van der Waals surface area contributed by atoms with E-state index < -0.39 is 9.84 Å². The SMILES string of the molecule is CS(=O)(=O)Cc1ccc(C(=O)N2CCC(NC(=O)C3CCCCC3)CC2)cc1. The van der Waals surface area contributed by atoms with E-state index >= 15 is 0 Å². The van der Waals surface area contributed by atoms with Gasteiger partial charge in [0, 0.05) is 36.9 Å².